The quantitative estimate of drug-likeness (QED) is 0.0963. The van der Waals surface area contributed by atoms with Gasteiger partial charge in [-0.1, -0.05) is 77.4 Å². The number of allylic oxidation sites excluding steroid dienone is 2. The van der Waals surface area contributed by atoms with E-state index in [1.54, 1.807) is 0 Å². The molecule has 3 aliphatic carbocycles. The van der Waals surface area contributed by atoms with Crippen LogP contribution in [0.2, 0.25) is 0 Å². The molecule has 4 nitrogen and oxygen atoms in total. The van der Waals surface area contributed by atoms with Crippen LogP contribution in [0.15, 0.2) is 24.3 Å². The van der Waals surface area contributed by atoms with Crippen LogP contribution in [0.4, 0.5) is 0 Å². The monoisotopic (exact) mass is 550 g/mol. The number of carbonyl (C=O) groups excluding carboxylic acids is 2. The SMILES string of the molecule is CCCCCCCC/C=C\CCCCCCCC(=O)Oc1cc2c(cc1O)[C@H]1CC[C@]3(C)C(=O)CC[C@H]3[C@@H]1CC2. The van der Waals surface area contributed by atoms with Crippen LogP contribution in [0.3, 0.4) is 0 Å². The Labute approximate surface area is 243 Å². The van der Waals surface area contributed by atoms with E-state index in [-0.39, 0.29) is 17.1 Å². The van der Waals surface area contributed by atoms with Gasteiger partial charge in [0.1, 0.15) is 5.78 Å². The average molecular weight is 551 g/mol. The molecule has 0 heterocycles. The topological polar surface area (TPSA) is 63.6 Å². The van der Waals surface area contributed by atoms with Crippen LogP contribution in [-0.2, 0) is 16.0 Å². The van der Waals surface area contributed by atoms with Crippen molar-refractivity contribution in [2.45, 2.75) is 148 Å². The number of aryl methyl sites for hydroxylation is 1. The second-order valence-electron chi connectivity index (χ2n) is 13.2. The molecule has 2 saturated carbocycles. The van der Waals surface area contributed by atoms with Crippen LogP contribution in [0.25, 0.3) is 0 Å². The van der Waals surface area contributed by atoms with E-state index in [0.29, 0.717) is 35.7 Å². The maximum Gasteiger partial charge on any atom is 0.311 e. The van der Waals surface area contributed by atoms with Crippen LogP contribution in [0.1, 0.15) is 153 Å². The lowest BCUT2D eigenvalue weighted by Gasteiger charge is -2.48. The average Bonchev–Trinajstić information content (AvgIpc) is 3.25. The van der Waals surface area contributed by atoms with Crippen molar-refractivity contribution in [1.82, 2.24) is 0 Å². The lowest BCUT2D eigenvalue weighted by Crippen LogP contribution is -2.42. The number of fused-ring (bicyclic) bond motifs is 5. The van der Waals surface area contributed by atoms with Gasteiger partial charge in [0.05, 0.1) is 0 Å². The Morgan fingerprint density at radius 1 is 0.925 bits per heavy atom. The number of ether oxygens (including phenoxy) is 1. The normalized spacial score (nSPS) is 25.6. The first-order chi connectivity index (χ1) is 19.4. The number of benzene rings is 1. The summed E-state index contributed by atoms with van der Waals surface area (Å²) in [5.74, 6) is 1.99. The molecule has 0 aliphatic heterocycles. The molecule has 3 aliphatic rings. The second-order valence-corrected chi connectivity index (χ2v) is 13.2. The number of carbonyl (C=O) groups is 2. The Morgan fingerprint density at radius 2 is 1.60 bits per heavy atom. The molecule has 1 N–H and O–H groups in total. The standard InChI is InChI=1S/C36H54O4/c1-3-4-5-6-7-8-9-10-11-12-13-14-15-16-17-18-35(39)40-33-25-27-19-20-29-28(30(27)26-32(33)37)23-24-36(2)31(29)21-22-34(36)38/h10-11,25-26,28-29,31,37H,3-9,12-24H2,1-2H3/b11-10-/t28-,29+,31-,36-/m0/s1. The molecule has 40 heavy (non-hydrogen) atoms. The van der Waals surface area contributed by atoms with Crippen LogP contribution in [0.5, 0.6) is 11.5 Å². The van der Waals surface area contributed by atoms with Gasteiger partial charge in [-0.25, -0.2) is 0 Å². The molecular formula is C36H54O4. The van der Waals surface area contributed by atoms with Crippen molar-refractivity contribution >= 4 is 11.8 Å². The van der Waals surface area contributed by atoms with E-state index < -0.39 is 0 Å². The first kappa shape index (κ1) is 30.8. The number of phenols is 1. The molecule has 0 spiro atoms. The highest BCUT2D eigenvalue weighted by atomic mass is 16.5. The number of hydrogen-bond acceptors (Lipinski definition) is 4. The molecule has 0 radical (unpaired) electrons. The van der Waals surface area contributed by atoms with Crippen molar-refractivity contribution in [3.05, 3.63) is 35.4 Å². The van der Waals surface area contributed by atoms with E-state index in [2.05, 4.69) is 26.0 Å². The van der Waals surface area contributed by atoms with Crippen LogP contribution in [-0.4, -0.2) is 16.9 Å². The van der Waals surface area contributed by atoms with E-state index in [1.165, 1.54) is 68.9 Å². The molecule has 1 aromatic rings. The first-order valence-corrected chi connectivity index (χ1v) is 16.7. The second kappa shape index (κ2) is 15.2. The molecule has 0 aromatic heterocycles. The van der Waals surface area contributed by atoms with Crippen LogP contribution in [0, 0.1) is 17.3 Å². The zero-order valence-electron chi connectivity index (χ0n) is 25.4. The number of ketones is 1. The van der Waals surface area contributed by atoms with E-state index >= 15 is 0 Å². The van der Waals surface area contributed by atoms with E-state index in [9.17, 15) is 14.7 Å². The summed E-state index contributed by atoms with van der Waals surface area (Å²) in [5.41, 5.74) is 2.28. The summed E-state index contributed by atoms with van der Waals surface area (Å²) in [6.07, 6.45) is 26.8. The smallest absolute Gasteiger partial charge is 0.311 e. The maximum absolute atomic E-state index is 12.6. The molecule has 4 atom stereocenters. The number of phenolic OH excluding ortho intramolecular Hbond substituents is 1. The Hall–Kier alpha value is -2.10. The van der Waals surface area contributed by atoms with Gasteiger partial charge < -0.3 is 9.84 Å². The third kappa shape index (κ3) is 7.79. The predicted molar refractivity (Wildman–Crippen MR) is 163 cm³/mol. The summed E-state index contributed by atoms with van der Waals surface area (Å²) in [6, 6.07) is 3.77. The minimum absolute atomic E-state index is 0.0770. The zero-order chi connectivity index (χ0) is 28.4. The number of hydrogen-bond donors (Lipinski definition) is 1. The van der Waals surface area contributed by atoms with Gasteiger partial charge in [0.15, 0.2) is 11.5 Å². The van der Waals surface area contributed by atoms with Gasteiger partial charge in [-0.3, -0.25) is 9.59 Å². The third-order valence-corrected chi connectivity index (χ3v) is 10.4. The minimum atomic E-state index is -0.250. The van der Waals surface area contributed by atoms with Crippen LogP contribution < -0.4 is 4.74 Å². The van der Waals surface area contributed by atoms with Gasteiger partial charge in [0.2, 0.25) is 0 Å². The molecular weight excluding hydrogens is 496 g/mol. The van der Waals surface area contributed by atoms with Gasteiger partial charge in [-0.15, -0.1) is 0 Å². The van der Waals surface area contributed by atoms with Crippen molar-refractivity contribution in [2.24, 2.45) is 17.3 Å². The fraction of sp³-hybridized carbons (Fsp3) is 0.722. The molecule has 222 valence electrons. The number of unbranched alkanes of at least 4 members (excludes halogenated alkanes) is 11. The summed E-state index contributed by atoms with van der Waals surface area (Å²) in [6.45, 7) is 4.45. The number of rotatable bonds is 16. The molecule has 0 bridgehead atoms. The van der Waals surface area contributed by atoms with E-state index in [0.717, 1.165) is 64.2 Å². The van der Waals surface area contributed by atoms with Crippen molar-refractivity contribution in [3.8, 4) is 11.5 Å². The maximum atomic E-state index is 12.6. The highest BCUT2D eigenvalue weighted by Gasteiger charge is 2.54. The third-order valence-electron chi connectivity index (χ3n) is 10.4. The lowest BCUT2D eigenvalue weighted by molar-refractivity contribution is -0.134. The minimum Gasteiger partial charge on any atom is -0.504 e. The van der Waals surface area contributed by atoms with Crippen molar-refractivity contribution in [1.29, 1.82) is 0 Å². The predicted octanol–water partition coefficient (Wildman–Crippen LogP) is 9.76. The van der Waals surface area contributed by atoms with Crippen LogP contribution >= 0.6 is 0 Å². The van der Waals surface area contributed by atoms with Gasteiger partial charge in [0.25, 0.3) is 0 Å². The lowest BCUT2D eigenvalue weighted by atomic mass is 9.55. The fourth-order valence-electron chi connectivity index (χ4n) is 7.95. The molecule has 2 fully saturated rings. The summed E-state index contributed by atoms with van der Waals surface area (Å²) >= 11 is 0. The van der Waals surface area contributed by atoms with E-state index in [1.807, 2.05) is 12.1 Å². The Kier molecular flexibility index (Phi) is 11.7. The first-order valence-electron chi connectivity index (χ1n) is 16.7. The van der Waals surface area contributed by atoms with E-state index in [4.69, 9.17) is 4.74 Å². The molecule has 4 heteroatoms. The number of aromatic hydroxyl groups is 1. The summed E-state index contributed by atoms with van der Waals surface area (Å²) in [4.78, 5) is 25.1. The highest BCUT2D eigenvalue weighted by Crippen LogP contribution is 2.60. The number of Topliss-reactive ketones (excluding diaryl/α,β-unsaturated/α-hetero) is 1. The fourth-order valence-corrected chi connectivity index (χ4v) is 7.95. The Bertz CT molecular complexity index is 1010. The number of esters is 1. The Balaban J connectivity index is 1.11. The Morgan fingerprint density at radius 3 is 2.33 bits per heavy atom. The molecule has 4 rings (SSSR count). The highest BCUT2D eigenvalue weighted by molar-refractivity contribution is 5.87. The summed E-state index contributed by atoms with van der Waals surface area (Å²) in [7, 11) is 0. The molecule has 0 amide bonds. The van der Waals surface area contributed by atoms with Gasteiger partial charge >= 0.3 is 5.97 Å². The van der Waals surface area contributed by atoms with Gasteiger partial charge in [-0.2, -0.15) is 0 Å². The van der Waals surface area contributed by atoms with Gasteiger partial charge in [-0.05, 0) is 105 Å². The van der Waals surface area contributed by atoms with Gasteiger partial charge in [0, 0.05) is 18.3 Å². The summed E-state index contributed by atoms with van der Waals surface area (Å²) < 4.78 is 5.62. The molecule has 1 aromatic carbocycles. The zero-order valence-corrected chi connectivity index (χ0v) is 25.4. The largest absolute Gasteiger partial charge is 0.504 e. The summed E-state index contributed by atoms with van der Waals surface area (Å²) in [5, 5.41) is 10.8. The van der Waals surface area contributed by atoms with Crippen molar-refractivity contribution < 1.29 is 19.4 Å². The molecule has 0 unspecified atom stereocenters. The molecule has 0 saturated heterocycles. The van der Waals surface area contributed by atoms with Crippen molar-refractivity contribution in [3.63, 3.8) is 0 Å². The van der Waals surface area contributed by atoms with Crippen molar-refractivity contribution in [2.75, 3.05) is 0 Å².